The average molecular weight is 427 g/mol. The average Bonchev–Trinajstić information content (AvgIpc) is 2.36. The molecule has 19 heavy (non-hydrogen) atoms. The Morgan fingerprint density at radius 1 is 1.16 bits per heavy atom. The Bertz CT molecular complexity index is 629. The summed E-state index contributed by atoms with van der Waals surface area (Å²) in [5, 5.41) is 0.989. The predicted octanol–water partition coefficient (Wildman–Crippen LogP) is 6.69. The first-order valence-corrected chi connectivity index (χ1v) is 7.91. The molecule has 0 bridgehead atoms. The zero-order chi connectivity index (χ0) is 14.2. The summed E-state index contributed by atoms with van der Waals surface area (Å²) in [5.74, 6) is -0.311. The van der Waals surface area contributed by atoms with Crippen molar-refractivity contribution in [3.63, 3.8) is 0 Å². The van der Waals surface area contributed by atoms with Crippen LogP contribution in [0.15, 0.2) is 34.8 Å². The number of hydrogen-bond acceptors (Lipinski definition) is 0. The van der Waals surface area contributed by atoms with Gasteiger partial charge in [-0.25, -0.2) is 4.39 Å². The van der Waals surface area contributed by atoms with E-state index in [2.05, 4.69) is 31.9 Å². The minimum Gasteiger partial charge on any atom is -0.207 e. The SMILES string of the molecule is Cc1cc(C(Br)c2cccc(Br)c2Cl)c(Cl)cc1F. The van der Waals surface area contributed by atoms with E-state index in [4.69, 9.17) is 23.2 Å². The van der Waals surface area contributed by atoms with E-state index in [0.717, 1.165) is 15.6 Å². The largest absolute Gasteiger partial charge is 0.207 e. The van der Waals surface area contributed by atoms with E-state index in [1.54, 1.807) is 13.0 Å². The molecule has 0 aliphatic heterocycles. The normalized spacial score (nSPS) is 12.5. The lowest BCUT2D eigenvalue weighted by atomic mass is 10.0. The molecule has 1 unspecified atom stereocenters. The van der Waals surface area contributed by atoms with Gasteiger partial charge >= 0.3 is 0 Å². The van der Waals surface area contributed by atoms with Gasteiger partial charge in [-0.2, -0.15) is 0 Å². The van der Waals surface area contributed by atoms with Crippen molar-refractivity contribution in [3.8, 4) is 0 Å². The lowest BCUT2D eigenvalue weighted by Crippen LogP contribution is -1.97. The van der Waals surface area contributed by atoms with Gasteiger partial charge < -0.3 is 0 Å². The van der Waals surface area contributed by atoms with Crippen LogP contribution < -0.4 is 0 Å². The van der Waals surface area contributed by atoms with Crippen LogP contribution in [0.25, 0.3) is 0 Å². The summed E-state index contributed by atoms with van der Waals surface area (Å²) in [7, 11) is 0. The summed E-state index contributed by atoms with van der Waals surface area (Å²) in [6.07, 6.45) is 0. The minimum absolute atomic E-state index is 0.190. The van der Waals surface area contributed by atoms with Crippen molar-refractivity contribution in [2.75, 3.05) is 0 Å². The van der Waals surface area contributed by atoms with Crippen LogP contribution >= 0.6 is 55.1 Å². The lowest BCUT2D eigenvalue weighted by molar-refractivity contribution is 0.618. The molecule has 0 radical (unpaired) electrons. The predicted molar refractivity (Wildman–Crippen MR) is 86.1 cm³/mol. The van der Waals surface area contributed by atoms with Crippen molar-refractivity contribution >= 4 is 55.1 Å². The molecule has 5 heteroatoms. The van der Waals surface area contributed by atoms with Crippen molar-refractivity contribution in [2.24, 2.45) is 0 Å². The molecule has 0 aliphatic rings. The number of rotatable bonds is 2. The smallest absolute Gasteiger partial charge is 0.127 e. The molecule has 0 nitrogen and oxygen atoms in total. The van der Waals surface area contributed by atoms with E-state index >= 15 is 0 Å². The molecule has 0 amide bonds. The summed E-state index contributed by atoms with van der Waals surface area (Å²) in [4.78, 5) is -0.190. The van der Waals surface area contributed by atoms with Gasteiger partial charge in [0.1, 0.15) is 5.82 Å². The Kier molecular flexibility index (Phi) is 4.93. The van der Waals surface area contributed by atoms with Crippen molar-refractivity contribution in [1.29, 1.82) is 0 Å². The Hall–Kier alpha value is -0.0900. The minimum atomic E-state index is -0.311. The van der Waals surface area contributed by atoms with E-state index in [-0.39, 0.29) is 10.6 Å². The number of aryl methyl sites for hydroxylation is 1. The molecule has 0 saturated carbocycles. The Balaban J connectivity index is 2.53. The molecule has 0 heterocycles. The van der Waals surface area contributed by atoms with E-state index in [9.17, 15) is 4.39 Å². The number of benzene rings is 2. The highest BCUT2D eigenvalue weighted by atomic mass is 79.9. The molecule has 1 atom stereocenters. The van der Waals surface area contributed by atoms with Crippen LogP contribution in [0.4, 0.5) is 4.39 Å². The molecule has 0 aromatic heterocycles. The van der Waals surface area contributed by atoms with Gasteiger partial charge in [0.25, 0.3) is 0 Å². The van der Waals surface area contributed by atoms with Crippen LogP contribution in [0, 0.1) is 12.7 Å². The van der Waals surface area contributed by atoms with E-state index in [1.165, 1.54) is 6.07 Å². The molecule has 0 fully saturated rings. The van der Waals surface area contributed by atoms with Gasteiger partial charge in [0.05, 0.1) is 9.85 Å². The molecule has 100 valence electrons. The Morgan fingerprint density at radius 2 is 1.84 bits per heavy atom. The molecule has 0 spiro atoms. The maximum absolute atomic E-state index is 13.4. The lowest BCUT2D eigenvalue weighted by Gasteiger charge is -2.16. The maximum atomic E-state index is 13.4. The fourth-order valence-corrected chi connectivity index (χ4v) is 3.66. The summed E-state index contributed by atoms with van der Waals surface area (Å²) in [6, 6.07) is 8.72. The van der Waals surface area contributed by atoms with Gasteiger partial charge in [-0.3, -0.25) is 0 Å². The topological polar surface area (TPSA) is 0 Å². The van der Waals surface area contributed by atoms with Crippen LogP contribution in [0.3, 0.4) is 0 Å². The number of hydrogen-bond donors (Lipinski definition) is 0. The van der Waals surface area contributed by atoms with E-state index in [0.29, 0.717) is 15.6 Å². The van der Waals surface area contributed by atoms with Crippen molar-refractivity contribution in [2.45, 2.75) is 11.8 Å². The van der Waals surface area contributed by atoms with Crippen molar-refractivity contribution < 1.29 is 4.39 Å². The van der Waals surface area contributed by atoms with E-state index in [1.807, 2.05) is 18.2 Å². The van der Waals surface area contributed by atoms with Crippen LogP contribution in [0.2, 0.25) is 10.0 Å². The van der Waals surface area contributed by atoms with Gasteiger partial charge in [0.2, 0.25) is 0 Å². The van der Waals surface area contributed by atoms with Crippen LogP contribution in [-0.2, 0) is 0 Å². The second-order valence-corrected chi connectivity index (χ2v) is 6.68. The van der Waals surface area contributed by atoms with Crippen LogP contribution in [0.5, 0.6) is 0 Å². The van der Waals surface area contributed by atoms with Gasteiger partial charge in [0, 0.05) is 9.50 Å². The summed E-state index contributed by atoms with van der Waals surface area (Å²) in [5.41, 5.74) is 2.22. The van der Waals surface area contributed by atoms with Gasteiger partial charge in [-0.05, 0) is 51.7 Å². The molecule has 0 aliphatic carbocycles. The quantitative estimate of drug-likeness (QED) is 0.469. The van der Waals surface area contributed by atoms with Crippen LogP contribution in [-0.4, -0.2) is 0 Å². The fourth-order valence-electron chi connectivity index (χ4n) is 1.76. The molecular formula is C14H9Br2Cl2F. The van der Waals surface area contributed by atoms with E-state index < -0.39 is 0 Å². The maximum Gasteiger partial charge on any atom is 0.127 e. The third-order valence-electron chi connectivity index (χ3n) is 2.81. The Morgan fingerprint density at radius 3 is 2.53 bits per heavy atom. The first-order valence-electron chi connectivity index (χ1n) is 5.45. The first-order chi connectivity index (χ1) is 8.91. The molecule has 0 saturated heterocycles. The highest BCUT2D eigenvalue weighted by Gasteiger charge is 2.19. The highest BCUT2D eigenvalue weighted by Crippen LogP contribution is 2.41. The summed E-state index contributed by atoms with van der Waals surface area (Å²) < 4.78 is 14.2. The van der Waals surface area contributed by atoms with Gasteiger partial charge in [0.15, 0.2) is 0 Å². The standard InChI is InChI=1S/C14H9Br2Cl2F/c1-7-5-9(11(17)6-12(7)19)13(16)8-3-2-4-10(15)14(8)18/h2-6,13H,1H3. The molecule has 0 N–H and O–H groups in total. The second-order valence-electron chi connectivity index (χ2n) is 4.13. The van der Waals surface area contributed by atoms with Gasteiger partial charge in [-0.15, -0.1) is 0 Å². The first kappa shape index (κ1) is 15.3. The summed E-state index contributed by atoms with van der Waals surface area (Å²) in [6.45, 7) is 1.71. The molecule has 2 aromatic carbocycles. The third-order valence-corrected chi connectivity index (χ3v) is 5.43. The zero-order valence-electron chi connectivity index (χ0n) is 9.85. The fraction of sp³-hybridized carbons (Fsp3) is 0.143. The monoisotopic (exact) mass is 424 g/mol. The summed E-state index contributed by atoms with van der Waals surface area (Å²) >= 11 is 19.3. The molecular weight excluding hydrogens is 418 g/mol. The number of halogens is 5. The van der Waals surface area contributed by atoms with Crippen LogP contribution in [0.1, 0.15) is 21.5 Å². The Labute approximate surface area is 138 Å². The highest BCUT2D eigenvalue weighted by molar-refractivity contribution is 9.10. The third kappa shape index (κ3) is 3.15. The van der Waals surface area contributed by atoms with Gasteiger partial charge in [-0.1, -0.05) is 57.3 Å². The number of alkyl halides is 1. The van der Waals surface area contributed by atoms with Crippen molar-refractivity contribution in [3.05, 3.63) is 67.4 Å². The zero-order valence-corrected chi connectivity index (χ0v) is 14.5. The molecule has 2 aromatic rings. The van der Waals surface area contributed by atoms with Crippen molar-refractivity contribution in [1.82, 2.24) is 0 Å². The second kappa shape index (κ2) is 6.13. The molecule has 2 rings (SSSR count).